The second-order valence-corrected chi connectivity index (χ2v) is 15.3. The van der Waals surface area contributed by atoms with Gasteiger partial charge in [0.1, 0.15) is 11.5 Å². The molecule has 2 aromatic rings. The van der Waals surface area contributed by atoms with Crippen LogP contribution in [-0.4, -0.2) is 36.2 Å². The number of esters is 1. The number of phenols is 2. The summed E-state index contributed by atoms with van der Waals surface area (Å²) >= 11 is 0. The Morgan fingerprint density at radius 2 is 0.905 bits per heavy atom. The summed E-state index contributed by atoms with van der Waals surface area (Å²) in [6.07, 6.45) is 2.13. The smallest absolute Gasteiger partial charge is 0.305 e. The van der Waals surface area contributed by atoms with Crippen LogP contribution in [0.25, 0.3) is 0 Å². The van der Waals surface area contributed by atoms with E-state index in [1.165, 1.54) is 7.11 Å². The van der Waals surface area contributed by atoms with Gasteiger partial charge in [0, 0.05) is 19.9 Å². The molecule has 1 amide bonds. The highest BCUT2D eigenvalue weighted by Crippen LogP contribution is 2.41. The van der Waals surface area contributed by atoms with Crippen LogP contribution in [0.2, 0.25) is 0 Å². The van der Waals surface area contributed by atoms with E-state index in [4.69, 9.17) is 4.74 Å². The van der Waals surface area contributed by atoms with E-state index < -0.39 is 0 Å². The molecule has 0 heterocycles. The molecule has 0 saturated heterocycles. The Balaban J connectivity index is 0.000000420. The van der Waals surface area contributed by atoms with Gasteiger partial charge in [0.25, 0.3) is 0 Å². The molecule has 0 unspecified atom stereocenters. The SMILES string of the molecule is CNC(=O)CCc1cc(C(C)(C)C)c(O)c(C(C)(C)C)c1.COC(=O)CCc1cc(C(C)(C)C)c(O)c(C(C)(C)C)c1. The molecule has 0 spiro atoms. The standard InChI is InChI=1S/C18H29NO2.C18H28O3/c1-17(2,3)13-10-12(8-9-15(20)19-7)11-14(16(13)21)18(4,5)6;1-17(2,3)13-10-12(8-9-15(19)21-7)11-14(16(13)20)18(4,5)6/h10-11,21H,8-9H2,1-7H3,(H,19,20);10-11,20H,8-9H2,1-7H3. The predicted octanol–water partition coefficient (Wildman–Crippen LogP) is 7.76. The molecule has 236 valence electrons. The molecule has 0 radical (unpaired) electrons. The highest BCUT2D eigenvalue weighted by Gasteiger charge is 2.28. The van der Waals surface area contributed by atoms with Crippen LogP contribution in [-0.2, 0) is 48.8 Å². The maximum absolute atomic E-state index is 11.5. The Labute approximate surface area is 255 Å². The molecule has 0 bridgehead atoms. The average molecular weight is 584 g/mol. The molecule has 42 heavy (non-hydrogen) atoms. The van der Waals surface area contributed by atoms with Crippen LogP contribution in [0, 0.1) is 0 Å². The van der Waals surface area contributed by atoms with Gasteiger partial charge in [0.2, 0.25) is 5.91 Å². The lowest BCUT2D eigenvalue weighted by Gasteiger charge is -2.28. The molecule has 2 rings (SSSR count). The first-order valence-corrected chi connectivity index (χ1v) is 14.9. The third-order valence-electron chi connectivity index (χ3n) is 7.34. The minimum Gasteiger partial charge on any atom is -0.507 e. The van der Waals surface area contributed by atoms with Gasteiger partial charge in [-0.25, -0.2) is 0 Å². The number of benzene rings is 2. The molecular weight excluding hydrogens is 526 g/mol. The van der Waals surface area contributed by atoms with Crippen LogP contribution in [0.15, 0.2) is 24.3 Å². The number of hydrogen-bond donors (Lipinski definition) is 3. The van der Waals surface area contributed by atoms with Crippen LogP contribution in [0.5, 0.6) is 11.5 Å². The van der Waals surface area contributed by atoms with Gasteiger partial charge < -0.3 is 20.3 Å². The molecule has 2 aromatic carbocycles. The van der Waals surface area contributed by atoms with Gasteiger partial charge in [-0.05, 0) is 67.9 Å². The lowest BCUT2D eigenvalue weighted by molar-refractivity contribution is -0.140. The van der Waals surface area contributed by atoms with Crippen LogP contribution in [0.3, 0.4) is 0 Å². The topological polar surface area (TPSA) is 95.9 Å². The molecular formula is C36H57NO5. The van der Waals surface area contributed by atoms with Gasteiger partial charge in [-0.1, -0.05) is 107 Å². The van der Waals surface area contributed by atoms with E-state index in [1.54, 1.807) is 7.05 Å². The van der Waals surface area contributed by atoms with Crippen molar-refractivity contribution in [2.45, 2.75) is 130 Å². The van der Waals surface area contributed by atoms with Crippen molar-refractivity contribution in [2.75, 3.05) is 14.2 Å². The molecule has 0 aliphatic heterocycles. The van der Waals surface area contributed by atoms with Gasteiger partial charge in [0.05, 0.1) is 7.11 Å². The maximum Gasteiger partial charge on any atom is 0.305 e. The second-order valence-electron chi connectivity index (χ2n) is 15.3. The number of hydrogen-bond acceptors (Lipinski definition) is 5. The first kappa shape index (κ1) is 37.0. The Hall–Kier alpha value is -3.02. The zero-order valence-corrected chi connectivity index (χ0v) is 28.8. The largest absolute Gasteiger partial charge is 0.507 e. The molecule has 0 atom stereocenters. The van der Waals surface area contributed by atoms with E-state index in [0.29, 0.717) is 37.2 Å². The van der Waals surface area contributed by atoms with E-state index in [9.17, 15) is 19.8 Å². The Kier molecular flexibility index (Phi) is 12.3. The predicted molar refractivity (Wildman–Crippen MR) is 174 cm³/mol. The molecule has 0 aliphatic rings. The number of phenolic OH excluding ortho intramolecular Hbond substituents is 2. The van der Waals surface area contributed by atoms with E-state index in [1.807, 2.05) is 24.3 Å². The molecule has 6 nitrogen and oxygen atoms in total. The normalized spacial score (nSPS) is 12.3. The Bertz CT molecular complexity index is 1060. The quantitative estimate of drug-likeness (QED) is 0.302. The summed E-state index contributed by atoms with van der Waals surface area (Å²) in [5.41, 5.74) is 5.35. The van der Waals surface area contributed by atoms with E-state index in [2.05, 4.69) is 88.4 Å². The highest BCUT2D eigenvalue weighted by atomic mass is 16.5. The highest BCUT2D eigenvalue weighted by molar-refractivity contribution is 5.75. The van der Waals surface area contributed by atoms with Gasteiger partial charge in [-0.2, -0.15) is 0 Å². The van der Waals surface area contributed by atoms with Crippen molar-refractivity contribution < 1.29 is 24.5 Å². The number of aryl methyl sites for hydroxylation is 2. The summed E-state index contributed by atoms with van der Waals surface area (Å²) in [4.78, 5) is 22.8. The summed E-state index contributed by atoms with van der Waals surface area (Å²) in [7, 11) is 3.06. The van der Waals surface area contributed by atoms with Crippen LogP contribution in [0.4, 0.5) is 0 Å². The van der Waals surface area contributed by atoms with Crippen molar-refractivity contribution >= 4 is 11.9 Å². The van der Waals surface area contributed by atoms with Gasteiger partial charge in [-0.3, -0.25) is 9.59 Å². The van der Waals surface area contributed by atoms with Crippen LogP contribution < -0.4 is 5.32 Å². The number of ether oxygens (including phenoxy) is 1. The summed E-state index contributed by atoms with van der Waals surface area (Å²) in [5, 5.41) is 23.9. The summed E-state index contributed by atoms with van der Waals surface area (Å²) < 4.78 is 4.70. The van der Waals surface area contributed by atoms with Crippen molar-refractivity contribution in [1.82, 2.24) is 5.32 Å². The first-order chi connectivity index (χ1) is 18.9. The zero-order chi connectivity index (χ0) is 32.8. The lowest BCUT2D eigenvalue weighted by Crippen LogP contribution is -2.20. The summed E-state index contributed by atoms with van der Waals surface area (Å²) in [6, 6.07) is 8.09. The molecule has 6 heteroatoms. The Morgan fingerprint density at radius 1 is 0.619 bits per heavy atom. The fourth-order valence-corrected chi connectivity index (χ4v) is 4.70. The van der Waals surface area contributed by atoms with Crippen LogP contribution in [0.1, 0.15) is 129 Å². The van der Waals surface area contributed by atoms with Gasteiger partial charge >= 0.3 is 5.97 Å². The average Bonchev–Trinajstić information content (AvgIpc) is 2.84. The maximum atomic E-state index is 11.5. The second kappa shape index (κ2) is 14.0. The van der Waals surface area contributed by atoms with Gasteiger partial charge in [0.15, 0.2) is 0 Å². The molecule has 0 aromatic heterocycles. The molecule has 0 aliphatic carbocycles. The number of methoxy groups -OCH3 is 1. The van der Waals surface area contributed by atoms with E-state index in [-0.39, 0.29) is 33.5 Å². The summed E-state index contributed by atoms with van der Waals surface area (Å²) in [6.45, 7) is 25.1. The number of aromatic hydroxyl groups is 2. The molecule has 0 saturated carbocycles. The van der Waals surface area contributed by atoms with E-state index >= 15 is 0 Å². The third-order valence-corrected chi connectivity index (χ3v) is 7.34. The van der Waals surface area contributed by atoms with Crippen molar-refractivity contribution in [2.24, 2.45) is 0 Å². The molecule has 3 N–H and O–H groups in total. The lowest BCUT2D eigenvalue weighted by atomic mass is 9.78. The summed E-state index contributed by atoms with van der Waals surface area (Å²) in [5.74, 6) is 0.589. The number of carbonyl (C=O) groups is 2. The van der Waals surface area contributed by atoms with Crippen molar-refractivity contribution in [3.05, 3.63) is 57.6 Å². The van der Waals surface area contributed by atoms with Crippen molar-refractivity contribution in [3.63, 3.8) is 0 Å². The number of amides is 1. The van der Waals surface area contributed by atoms with Gasteiger partial charge in [-0.15, -0.1) is 0 Å². The Morgan fingerprint density at radius 3 is 1.14 bits per heavy atom. The zero-order valence-electron chi connectivity index (χ0n) is 28.8. The first-order valence-electron chi connectivity index (χ1n) is 14.9. The molecule has 0 fully saturated rings. The number of nitrogens with one attached hydrogen (secondary N) is 1. The number of carbonyl (C=O) groups excluding carboxylic acids is 2. The van der Waals surface area contributed by atoms with Crippen molar-refractivity contribution in [3.8, 4) is 11.5 Å². The fourth-order valence-electron chi connectivity index (χ4n) is 4.70. The monoisotopic (exact) mass is 583 g/mol. The number of rotatable bonds is 6. The van der Waals surface area contributed by atoms with Crippen molar-refractivity contribution in [1.29, 1.82) is 0 Å². The minimum atomic E-state index is -0.210. The third kappa shape index (κ3) is 10.7. The van der Waals surface area contributed by atoms with E-state index in [0.717, 1.165) is 33.4 Å². The minimum absolute atomic E-state index is 0.0395. The fraction of sp³-hybridized carbons (Fsp3) is 0.611. The van der Waals surface area contributed by atoms with Crippen LogP contribution >= 0.6 is 0 Å².